The summed E-state index contributed by atoms with van der Waals surface area (Å²) >= 11 is 1.34. The van der Waals surface area contributed by atoms with Gasteiger partial charge in [-0.1, -0.05) is 18.9 Å². The molecule has 1 fully saturated rings. The highest BCUT2D eigenvalue weighted by molar-refractivity contribution is 7.98. The van der Waals surface area contributed by atoms with Crippen molar-refractivity contribution in [1.82, 2.24) is 4.90 Å². The van der Waals surface area contributed by atoms with E-state index in [1.165, 1.54) is 23.9 Å². The number of hydrogen-bond donors (Lipinski definition) is 1. The molecule has 1 heterocycles. The Balaban J connectivity index is 1.96. The Hall–Kier alpha value is -2.13. The maximum atomic E-state index is 13.9. The van der Waals surface area contributed by atoms with E-state index in [2.05, 4.69) is 0 Å². The van der Waals surface area contributed by atoms with Gasteiger partial charge in [-0.2, -0.15) is 0 Å². The number of carbonyl (C=O) groups excluding carboxylic acids is 1. The molecule has 5 nitrogen and oxygen atoms in total. The van der Waals surface area contributed by atoms with Crippen molar-refractivity contribution in [2.45, 2.75) is 35.5 Å². The van der Waals surface area contributed by atoms with E-state index >= 15 is 0 Å². The van der Waals surface area contributed by atoms with Gasteiger partial charge in [0.05, 0.1) is 10.5 Å². The molecule has 0 saturated carbocycles. The Bertz CT molecular complexity index is 985. The maximum absolute atomic E-state index is 13.9. The molecule has 0 bridgehead atoms. The quantitative estimate of drug-likeness (QED) is 0.695. The lowest BCUT2D eigenvalue weighted by molar-refractivity contribution is 0.0758. The third kappa shape index (κ3) is 4.90. The van der Waals surface area contributed by atoms with Crippen LogP contribution in [0.3, 0.4) is 0 Å². The zero-order valence-corrected chi connectivity index (χ0v) is 17.6. The van der Waals surface area contributed by atoms with E-state index in [-0.39, 0.29) is 16.4 Å². The van der Waals surface area contributed by atoms with Crippen molar-refractivity contribution >= 4 is 33.4 Å². The van der Waals surface area contributed by atoms with Crippen LogP contribution in [0, 0.1) is 11.6 Å². The van der Waals surface area contributed by atoms with Gasteiger partial charge in [0.1, 0.15) is 17.3 Å². The molecule has 0 unspecified atom stereocenters. The van der Waals surface area contributed by atoms with Crippen molar-refractivity contribution in [2.75, 3.05) is 24.1 Å². The number of likely N-dealkylation sites (tertiary alicyclic amines) is 1. The van der Waals surface area contributed by atoms with Gasteiger partial charge in [0, 0.05) is 18.0 Å². The molecule has 1 amide bonds. The fourth-order valence-electron chi connectivity index (χ4n) is 3.25. The summed E-state index contributed by atoms with van der Waals surface area (Å²) in [5.74, 6) is -2.27. The molecule has 2 aromatic rings. The highest BCUT2D eigenvalue weighted by Crippen LogP contribution is 2.28. The summed E-state index contributed by atoms with van der Waals surface area (Å²) in [6, 6.07) is 7.22. The van der Waals surface area contributed by atoms with Crippen molar-refractivity contribution in [3.63, 3.8) is 0 Å². The summed E-state index contributed by atoms with van der Waals surface area (Å²) in [7, 11) is -4.29. The van der Waals surface area contributed by atoms with E-state index in [0.717, 1.165) is 43.9 Å². The monoisotopic (exact) mass is 440 g/mol. The normalized spacial score (nSPS) is 15.1. The fraction of sp³-hybridized carbons (Fsp3) is 0.350. The lowest BCUT2D eigenvalue weighted by Crippen LogP contribution is -2.32. The number of hydrogen-bond acceptors (Lipinski definition) is 4. The molecule has 9 heteroatoms. The van der Waals surface area contributed by atoms with Gasteiger partial charge in [0.15, 0.2) is 0 Å². The van der Waals surface area contributed by atoms with Crippen LogP contribution in [-0.2, 0) is 10.0 Å². The first-order valence-corrected chi connectivity index (χ1v) is 12.0. The Kier molecular flexibility index (Phi) is 6.79. The second kappa shape index (κ2) is 9.13. The minimum Gasteiger partial charge on any atom is -0.339 e. The molecule has 1 N–H and O–H groups in total. The topological polar surface area (TPSA) is 66.5 Å². The fourth-order valence-corrected chi connectivity index (χ4v) is 4.93. The van der Waals surface area contributed by atoms with Crippen molar-refractivity contribution in [3.8, 4) is 0 Å². The van der Waals surface area contributed by atoms with Gasteiger partial charge >= 0.3 is 0 Å². The summed E-state index contributed by atoms with van der Waals surface area (Å²) < 4.78 is 55.2. The molecule has 1 saturated heterocycles. The molecule has 0 atom stereocenters. The summed E-state index contributed by atoms with van der Waals surface area (Å²) in [4.78, 5) is 15.2. The van der Waals surface area contributed by atoms with E-state index in [9.17, 15) is 22.0 Å². The van der Waals surface area contributed by atoms with E-state index < -0.39 is 27.3 Å². The van der Waals surface area contributed by atoms with Crippen LogP contribution in [0.4, 0.5) is 14.5 Å². The second-order valence-electron chi connectivity index (χ2n) is 6.77. The van der Waals surface area contributed by atoms with Gasteiger partial charge in [-0.15, -0.1) is 11.8 Å². The maximum Gasteiger partial charge on any atom is 0.262 e. The predicted octanol–water partition coefficient (Wildman–Crippen LogP) is 4.50. The number of anilines is 1. The smallest absolute Gasteiger partial charge is 0.262 e. The lowest BCUT2D eigenvalue weighted by Gasteiger charge is -2.22. The Morgan fingerprint density at radius 3 is 2.24 bits per heavy atom. The van der Waals surface area contributed by atoms with Crippen LogP contribution in [0.15, 0.2) is 46.2 Å². The molecule has 0 spiro atoms. The number of rotatable bonds is 5. The third-order valence-corrected chi connectivity index (χ3v) is 6.95. The molecular formula is C20H22F2N2O3S2. The molecule has 3 rings (SSSR count). The number of thioether (sulfide) groups is 1. The average Bonchev–Trinajstić information content (AvgIpc) is 2.99. The number of nitrogens with zero attached hydrogens (tertiary/aromatic N) is 1. The minimum absolute atomic E-state index is 0.226. The van der Waals surface area contributed by atoms with Gasteiger partial charge in [0.2, 0.25) is 0 Å². The highest BCUT2D eigenvalue weighted by atomic mass is 32.2. The van der Waals surface area contributed by atoms with Gasteiger partial charge in [-0.25, -0.2) is 17.2 Å². The number of nitrogens with one attached hydrogen (secondary N) is 1. The number of halogens is 2. The largest absolute Gasteiger partial charge is 0.339 e. The highest BCUT2D eigenvalue weighted by Gasteiger charge is 2.24. The molecule has 1 aliphatic heterocycles. The Morgan fingerprint density at radius 1 is 1.03 bits per heavy atom. The number of amides is 1. The number of carbonyl (C=O) groups is 1. The zero-order chi connectivity index (χ0) is 21.0. The standard InChI is InChI=1S/C20H22F2N2O3S2/c1-28-18-10-9-14(13-15(18)20(25)24-11-4-2-3-5-12-24)29(26,27)23-19-16(21)7-6-8-17(19)22/h6-10,13,23H,2-5,11-12H2,1H3. The molecule has 2 aromatic carbocycles. The lowest BCUT2D eigenvalue weighted by atomic mass is 10.2. The molecule has 0 aliphatic carbocycles. The number of sulfonamides is 1. The molecule has 156 valence electrons. The summed E-state index contributed by atoms with van der Waals surface area (Å²) in [6.07, 6.45) is 5.74. The minimum atomic E-state index is -4.29. The number of benzene rings is 2. The third-order valence-electron chi connectivity index (χ3n) is 4.80. The Labute approximate surface area is 173 Å². The van der Waals surface area contributed by atoms with Crippen molar-refractivity contribution in [2.24, 2.45) is 0 Å². The molecular weight excluding hydrogens is 418 g/mol. The average molecular weight is 441 g/mol. The van der Waals surface area contributed by atoms with Crippen molar-refractivity contribution in [3.05, 3.63) is 53.6 Å². The van der Waals surface area contributed by atoms with Crippen LogP contribution < -0.4 is 4.72 Å². The van der Waals surface area contributed by atoms with Crippen LogP contribution >= 0.6 is 11.8 Å². The molecule has 1 aliphatic rings. The van der Waals surface area contributed by atoms with Crippen LogP contribution in [-0.4, -0.2) is 38.6 Å². The predicted molar refractivity (Wildman–Crippen MR) is 110 cm³/mol. The first-order valence-electron chi connectivity index (χ1n) is 9.27. The molecule has 29 heavy (non-hydrogen) atoms. The molecule has 0 radical (unpaired) electrons. The first-order chi connectivity index (χ1) is 13.8. The van der Waals surface area contributed by atoms with Crippen LogP contribution in [0.25, 0.3) is 0 Å². The number of para-hydroxylation sites is 1. The van der Waals surface area contributed by atoms with Gasteiger partial charge in [0.25, 0.3) is 15.9 Å². The van der Waals surface area contributed by atoms with E-state index in [4.69, 9.17) is 0 Å². The molecule has 0 aromatic heterocycles. The summed E-state index contributed by atoms with van der Waals surface area (Å²) in [5.41, 5.74) is -0.474. The first kappa shape index (κ1) is 21.6. The SMILES string of the molecule is CSc1ccc(S(=O)(=O)Nc2c(F)cccc2F)cc1C(=O)N1CCCCCC1. The van der Waals surface area contributed by atoms with Gasteiger partial charge in [-0.3, -0.25) is 9.52 Å². The van der Waals surface area contributed by atoms with Crippen LogP contribution in [0.5, 0.6) is 0 Å². The van der Waals surface area contributed by atoms with E-state index in [0.29, 0.717) is 18.0 Å². The van der Waals surface area contributed by atoms with Crippen molar-refractivity contribution < 1.29 is 22.0 Å². The summed E-state index contributed by atoms with van der Waals surface area (Å²) in [6.45, 7) is 1.25. The Morgan fingerprint density at radius 2 is 1.66 bits per heavy atom. The van der Waals surface area contributed by atoms with E-state index in [1.54, 1.807) is 17.2 Å². The van der Waals surface area contributed by atoms with Crippen LogP contribution in [0.2, 0.25) is 0 Å². The second-order valence-corrected chi connectivity index (χ2v) is 9.30. The zero-order valence-electron chi connectivity index (χ0n) is 16.0. The van der Waals surface area contributed by atoms with Gasteiger partial charge in [-0.05, 0) is 49.4 Å². The van der Waals surface area contributed by atoms with Crippen molar-refractivity contribution in [1.29, 1.82) is 0 Å². The summed E-state index contributed by atoms with van der Waals surface area (Å²) in [5, 5.41) is 0. The van der Waals surface area contributed by atoms with Crippen LogP contribution in [0.1, 0.15) is 36.0 Å². The van der Waals surface area contributed by atoms with Gasteiger partial charge < -0.3 is 4.90 Å². The van der Waals surface area contributed by atoms with E-state index in [1.807, 2.05) is 4.72 Å².